The molecular weight excluding hydrogens is 245 g/mol. The van der Waals surface area contributed by atoms with Gasteiger partial charge in [0, 0.05) is 26.1 Å². The number of carbonyl (C=O) groups excluding carboxylic acids is 1. The first-order valence-corrected chi connectivity index (χ1v) is 6.32. The van der Waals surface area contributed by atoms with E-state index in [4.69, 9.17) is 5.26 Å². The van der Waals surface area contributed by atoms with Crippen molar-refractivity contribution in [1.82, 2.24) is 5.32 Å². The predicted molar refractivity (Wildman–Crippen MR) is 70.1 cm³/mol. The van der Waals surface area contributed by atoms with Gasteiger partial charge < -0.3 is 10.2 Å². The van der Waals surface area contributed by atoms with E-state index >= 15 is 0 Å². The summed E-state index contributed by atoms with van der Waals surface area (Å²) in [5.41, 5.74) is 1.10. The molecule has 1 aliphatic heterocycles. The van der Waals surface area contributed by atoms with E-state index in [-0.39, 0.29) is 11.8 Å². The molecule has 1 aromatic carbocycles. The molecule has 100 valence electrons. The highest BCUT2D eigenvalue weighted by Gasteiger charge is 2.25. The van der Waals surface area contributed by atoms with Crippen LogP contribution in [0, 0.1) is 23.1 Å². The van der Waals surface area contributed by atoms with E-state index in [1.54, 1.807) is 13.1 Å². The third-order valence-electron chi connectivity index (χ3n) is 3.53. The quantitative estimate of drug-likeness (QED) is 0.881. The summed E-state index contributed by atoms with van der Waals surface area (Å²) in [6.45, 7) is 1.41. The van der Waals surface area contributed by atoms with Crippen LogP contribution < -0.4 is 10.2 Å². The molecule has 0 aliphatic carbocycles. The third kappa shape index (κ3) is 2.84. The van der Waals surface area contributed by atoms with Crippen molar-refractivity contribution in [2.45, 2.75) is 12.8 Å². The van der Waals surface area contributed by atoms with Gasteiger partial charge in [0.1, 0.15) is 11.9 Å². The Bertz CT molecular complexity index is 516. The number of nitrogens with one attached hydrogen (secondary N) is 1. The highest BCUT2D eigenvalue weighted by atomic mass is 19.1. The number of benzene rings is 1. The number of rotatable bonds is 2. The van der Waals surface area contributed by atoms with Crippen LogP contribution in [0.25, 0.3) is 0 Å². The van der Waals surface area contributed by atoms with Crippen molar-refractivity contribution in [3.8, 4) is 6.07 Å². The van der Waals surface area contributed by atoms with Crippen molar-refractivity contribution >= 4 is 11.6 Å². The summed E-state index contributed by atoms with van der Waals surface area (Å²) in [6, 6.07) is 6.26. The summed E-state index contributed by atoms with van der Waals surface area (Å²) < 4.78 is 13.1. The Morgan fingerprint density at radius 3 is 2.74 bits per heavy atom. The van der Waals surface area contributed by atoms with Crippen molar-refractivity contribution in [2.75, 3.05) is 25.0 Å². The van der Waals surface area contributed by atoms with Gasteiger partial charge in [0.15, 0.2) is 0 Å². The lowest BCUT2D eigenvalue weighted by atomic mass is 9.95. The number of hydrogen-bond donors (Lipinski definition) is 1. The summed E-state index contributed by atoms with van der Waals surface area (Å²) >= 11 is 0. The summed E-state index contributed by atoms with van der Waals surface area (Å²) in [5.74, 6) is -0.299. The fourth-order valence-electron chi connectivity index (χ4n) is 2.46. The largest absolute Gasteiger partial charge is 0.370 e. The standard InChI is InChI=1S/C14H16FN3O/c1-17-14(19)10-4-6-18(7-5-10)13-3-2-12(15)8-11(13)9-16/h2-3,8,10H,4-7H2,1H3,(H,17,19). The summed E-state index contributed by atoms with van der Waals surface area (Å²) in [4.78, 5) is 13.6. The van der Waals surface area contributed by atoms with Gasteiger partial charge in [0.05, 0.1) is 11.3 Å². The second-order valence-electron chi connectivity index (χ2n) is 4.65. The van der Waals surface area contributed by atoms with E-state index in [1.807, 2.05) is 11.0 Å². The van der Waals surface area contributed by atoms with Crippen LogP contribution in [0.4, 0.5) is 10.1 Å². The normalized spacial score (nSPS) is 15.9. The molecule has 0 atom stereocenters. The van der Waals surface area contributed by atoms with Gasteiger partial charge in [-0.2, -0.15) is 5.26 Å². The zero-order chi connectivity index (χ0) is 13.8. The Labute approximate surface area is 111 Å². The smallest absolute Gasteiger partial charge is 0.222 e. The molecular formula is C14H16FN3O. The van der Waals surface area contributed by atoms with Crippen molar-refractivity contribution in [1.29, 1.82) is 5.26 Å². The van der Waals surface area contributed by atoms with Crippen LogP contribution in [-0.4, -0.2) is 26.0 Å². The van der Waals surface area contributed by atoms with Crippen LogP contribution in [-0.2, 0) is 4.79 Å². The molecule has 0 radical (unpaired) electrons. The van der Waals surface area contributed by atoms with E-state index in [0.29, 0.717) is 18.7 Å². The van der Waals surface area contributed by atoms with E-state index in [9.17, 15) is 9.18 Å². The topological polar surface area (TPSA) is 56.1 Å². The molecule has 0 aromatic heterocycles. The van der Waals surface area contributed by atoms with Crippen LogP contribution in [0.3, 0.4) is 0 Å². The summed E-state index contributed by atoms with van der Waals surface area (Å²) in [6.07, 6.45) is 1.50. The van der Waals surface area contributed by atoms with E-state index in [0.717, 1.165) is 18.5 Å². The Hall–Kier alpha value is -2.09. The maximum absolute atomic E-state index is 13.1. The molecule has 1 amide bonds. The maximum atomic E-state index is 13.1. The number of piperidine rings is 1. The zero-order valence-corrected chi connectivity index (χ0v) is 10.8. The number of carbonyl (C=O) groups is 1. The van der Waals surface area contributed by atoms with Crippen LogP contribution >= 0.6 is 0 Å². The molecule has 1 heterocycles. The number of nitriles is 1. The maximum Gasteiger partial charge on any atom is 0.222 e. The third-order valence-corrected chi connectivity index (χ3v) is 3.53. The van der Waals surface area contributed by atoms with Crippen LogP contribution in [0.15, 0.2) is 18.2 Å². The van der Waals surface area contributed by atoms with Crippen molar-refractivity contribution in [2.24, 2.45) is 5.92 Å². The van der Waals surface area contributed by atoms with Crippen molar-refractivity contribution in [3.63, 3.8) is 0 Å². The van der Waals surface area contributed by atoms with Crippen molar-refractivity contribution in [3.05, 3.63) is 29.6 Å². The zero-order valence-electron chi connectivity index (χ0n) is 10.8. The highest BCUT2D eigenvalue weighted by Crippen LogP contribution is 2.26. The Morgan fingerprint density at radius 2 is 2.16 bits per heavy atom. The fraction of sp³-hybridized carbons (Fsp3) is 0.429. The monoisotopic (exact) mass is 261 g/mol. The number of nitrogens with zero attached hydrogens (tertiary/aromatic N) is 2. The van der Waals surface area contributed by atoms with E-state index in [2.05, 4.69) is 5.32 Å². The van der Waals surface area contributed by atoms with Crippen LogP contribution in [0.2, 0.25) is 0 Å². The van der Waals surface area contributed by atoms with Crippen LogP contribution in [0.1, 0.15) is 18.4 Å². The molecule has 5 heteroatoms. The molecule has 19 heavy (non-hydrogen) atoms. The first-order chi connectivity index (χ1) is 9.15. The molecule has 0 spiro atoms. The van der Waals surface area contributed by atoms with Gasteiger partial charge in [-0.25, -0.2) is 4.39 Å². The minimum absolute atomic E-state index is 0.0345. The molecule has 0 bridgehead atoms. The Kier molecular flexibility index (Phi) is 4.00. The van der Waals surface area contributed by atoms with Gasteiger partial charge in [-0.05, 0) is 31.0 Å². The molecule has 0 unspecified atom stereocenters. The Balaban J connectivity index is 2.10. The molecule has 1 N–H and O–H groups in total. The molecule has 1 fully saturated rings. The Morgan fingerprint density at radius 1 is 1.47 bits per heavy atom. The average molecular weight is 261 g/mol. The molecule has 0 saturated carbocycles. The fourth-order valence-corrected chi connectivity index (χ4v) is 2.46. The lowest BCUT2D eigenvalue weighted by Gasteiger charge is -2.33. The van der Waals surface area contributed by atoms with Gasteiger partial charge in [-0.15, -0.1) is 0 Å². The SMILES string of the molecule is CNC(=O)C1CCN(c2ccc(F)cc2C#N)CC1. The number of hydrogen-bond acceptors (Lipinski definition) is 3. The molecule has 1 saturated heterocycles. The summed E-state index contributed by atoms with van der Waals surface area (Å²) in [5, 5.41) is 11.7. The highest BCUT2D eigenvalue weighted by molar-refractivity contribution is 5.78. The van der Waals surface area contributed by atoms with Gasteiger partial charge >= 0.3 is 0 Å². The molecule has 1 aromatic rings. The van der Waals surface area contributed by atoms with Crippen LogP contribution in [0.5, 0.6) is 0 Å². The number of amides is 1. The molecule has 2 rings (SSSR count). The second kappa shape index (κ2) is 5.70. The predicted octanol–water partition coefficient (Wildman–Crippen LogP) is 1.66. The lowest BCUT2D eigenvalue weighted by molar-refractivity contribution is -0.125. The molecule has 1 aliphatic rings. The number of halogens is 1. The van der Waals surface area contributed by atoms with Gasteiger partial charge in [0.2, 0.25) is 5.91 Å². The van der Waals surface area contributed by atoms with Gasteiger partial charge in [-0.3, -0.25) is 4.79 Å². The average Bonchev–Trinajstić information content (AvgIpc) is 2.46. The number of anilines is 1. The lowest BCUT2D eigenvalue weighted by Crippen LogP contribution is -2.39. The summed E-state index contributed by atoms with van der Waals surface area (Å²) in [7, 11) is 1.64. The van der Waals surface area contributed by atoms with E-state index < -0.39 is 5.82 Å². The first-order valence-electron chi connectivity index (χ1n) is 6.32. The van der Waals surface area contributed by atoms with Crippen molar-refractivity contribution < 1.29 is 9.18 Å². The first kappa shape index (κ1) is 13.3. The molecule has 4 nitrogen and oxygen atoms in total. The van der Waals surface area contributed by atoms with Gasteiger partial charge in [0.25, 0.3) is 0 Å². The second-order valence-corrected chi connectivity index (χ2v) is 4.65. The minimum atomic E-state index is -0.402. The van der Waals surface area contributed by atoms with Gasteiger partial charge in [-0.1, -0.05) is 0 Å². The minimum Gasteiger partial charge on any atom is -0.370 e. The van der Waals surface area contributed by atoms with E-state index in [1.165, 1.54) is 12.1 Å².